The molecule has 0 radical (unpaired) electrons. The first kappa shape index (κ1) is 24.3. The molecule has 1 aromatic rings. The summed E-state index contributed by atoms with van der Waals surface area (Å²) in [6.45, 7) is 7.13. The number of nitrogens with one attached hydrogen (secondary N) is 2. The Morgan fingerprint density at radius 3 is 2.48 bits per heavy atom. The number of benzene rings is 1. The average molecular weight is 482 g/mol. The minimum absolute atomic E-state index is 0. The highest BCUT2D eigenvalue weighted by molar-refractivity contribution is 14.0. The summed E-state index contributed by atoms with van der Waals surface area (Å²) in [4.78, 5) is 6.22. The van der Waals surface area contributed by atoms with E-state index in [1.807, 2.05) is 42.6 Å². The lowest BCUT2D eigenvalue weighted by Gasteiger charge is -2.22. The molecule has 1 rings (SSSR count). The Morgan fingerprint density at radius 1 is 1.20 bits per heavy atom. The average Bonchev–Trinajstić information content (AvgIpc) is 2.60. The number of hydrogen-bond acceptors (Lipinski definition) is 3. The molecule has 0 bridgehead atoms. The van der Waals surface area contributed by atoms with Crippen LogP contribution in [0.25, 0.3) is 0 Å². The predicted molar refractivity (Wildman–Crippen MR) is 121 cm³/mol. The minimum Gasteiger partial charge on any atom is -0.370 e. The third kappa shape index (κ3) is 8.99. The van der Waals surface area contributed by atoms with Gasteiger partial charge in [-0.15, -0.1) is 24.0 Å². The molecule has 0 aliphatic heterocycles. The first-order valence-electron chi connectivity index (χ1n) is 8.63. The predicted octanol–water partition coefficient (Wildman–Crippen LogP) is 4.10. The van der Waals surface area contributed by atoms with Gasteiger partial charge >= 0.3 is 0 Å². The van der Waals surface area contributed by atoms with Gasteiger partial charge in [-0.2, -0.15) is 11.8 Å². The number of unbranched alkanes of at least 4 members (excludes halogenated alkanes) is 1. The van der Waals surface area contributed by atoms with Crippen molar-refractivity contribution in [1.82, 2.24) is 10.6 Å². The zero-order valence-electron chi connectivity index (χ0n) is 15.8. The van der Waals surface area contributed by atoms with Gasteiger partial charge < -0.3 is 15.5 Å². The van der Waals surface area contributed by atoms with Crippen LogP contribution in [0.5, 0.6) is 0 Å². The third-order valence-corrected chi connectivity index (χ3v) is 4.56. The van der Waals surface area contributed by atoms with E-state index in [4.69, 9.17) is 0 Å². The molecule has 0 saturated carbocycles. The van der Waals surface area contributed by atoms with Gasteiger partial charge in [-0.25, -0.2) is 4.39 Å². The zero-order chi connectivity index (χ0) is 17.8. The quantitative estimate of drug-likeness (QED) is 0.228. The largest absolute Gasteiger partial charge is 0.370 e. The van der Waals surface area contributed by atoms with Gasteiger partial charge in [0.2, 0.25) is 0 Å². The molecule has 0 aromatic heterocycles. The van der Waals surface area contributed by atoms with E-state index in [9.17, 15) is 4.39 Å². The molecular weight excluding hydrogens is 450 g/mol. The van der Waals surface area contributed by atoms with Crippen LogP contribution < -0.4 is 15.5 Å². The number of hydrogen-bond donors (Lipinski definition) is 2. The van der Waals surface area contributed by atoms with Crippen molar-refractivity contribution in [3.8, 4) is 0 Å². The lowest BCUT2D eigenvalue weighted by molar-refractivity contribution is 0.616. The van der Waals surface area contributed by atoms with Gasteiger partial charge in [0.05, 0.1) is 5.69 Å². The number of guanidine groups is 1. The lowest BCUT2D eigenvalue weighted by atomic mass is 10.2. The third-order valence-electron chi connectivity index (χ3n) is 3.87. The summed E-state index contributed by atoms with van der Waals surface area (Å²) in [7, 11) is 1.75. The summed E-state index contributed by atoms with van der Waals surface area (Å²) < 4.78 is 14.3. The Bertz CT molecular complexity index is 510. The van der Waals surface area contributed by atoms with Crippen LogP contribution in [0.15, 0.2) is 23.2 Å². The van der Waals surface area contributed by atoms with Crippen LogP contribution in [0.1, 0.15) is 32.3 Å². The first-order valence-corrected chi connectivity index (χ1v) is 10.0. The monoisotopic (exact) mass is 482 g/mol. The molecule has 7 heteroatoms. The van der Waals surface area contributed by atoms with Gasteiger partial charge in [0.1, 0.15) is 5.82 Å². The molecule has 25 heavy (non-hydrogen) atoms. The molecular formula is C18H32FIN4S. The van der Waals surface area contributed by atoms with Crippen LogP contribution in [0, 0.1) is 5.82 Å². The SMILES string of the molecule is CCN(CC)c1ccc(CNC(=NC)NCCCCSC)cc1F.I. The van der Waals surface area contributed by atoms with Crippen molar-refractivity contribution in [3.63, 3.8) is 0 Å². The Balaban J connectivity index is 0.00000576. The van der Waals surface area contributed by atoms with Crippen LogP contribution in [0.3, 0.4) is 0 Å². The maximum Gasteiger partial charge on any atom is 0.191 e. The van der Waals surface area contributed by atoms with Crippen LogP contribution in [0.2, 0.25) is 0 Å². The smallest absolute Gasteiger partial charge is 0.191 e. The molecule has 0 heterocycles. The number of anilines is 1. The molecule has 0 atom stereocenters. The molecule has 0 fully saturated rings. The molecule has 144 valence electrons. The zero-order valence-corrected chi connectivity index (χ0v) is 18.9. The van der Waals surface area contributed by atoms with Crippen molar-refractivity contribution >= 4 is 47.4 Å². The van der Waals surface area contributed by atoms with Gasteiger partial charge in [0, 0.05) is 33.2 Å². The number of rotatable bonds is 10. The van der Waals surface area contributed by atoms with Crippen molar-refractivity contribution in [2.24, 2.45) is 4.99 Å². The molecule has 0 aliphatic rings. The topological polar surface area (TPSA) is 39.7 Å². The molecule has 0 saturated heterocycles. The Morgan fingerprint density at radius 2 is 1.92 bits per heavy atom. The van der Waals surface area contributed by atoms with Gasteiger partial charge in [-0.05, 0) is 56.4 Å². The minimum atomic E-state index is -0.169. The number of thioether (sulfide) groups is 1. The van der Waals surface area contributed by atoms with Gasteiger partial charge in [0.25, 0.3) is 0 Å². The fraction of sp³-hybridized carbons (Fsp3) is 0.611. The Hall–Kier alpha value is -0.700. The highest BCUT2D eigenvalue weighted by Crippen LogP contribution is 2.20. The van der Waals surface area contributed by atoms with E-state index in [0.717, 1.165) is 37.6 Å². The summed E-state index contributed by atoms with van der Waals surface area (Å²) >= 11 is 1.87. The summed E-state index contributed by atoms with van der Waals surface area (Å²) in [5, 5.41) is 6.52. The first-order chi connectivity index (χ1) is 11.7. The second-order valence-corrected chi connectivity index (χ2v) is 6.50. The summed E-state index contributed by atoms with van der Waals surface area (Å²) in [6, 6.07) is 5.43. The van der Waals surface area contributed by atoms with E-state index in [2.05, 4.69) is 21.9 Å². The molecule has 2 N–H and O–H groups in total. The maximum atomic E-state index is 14.3. The van der Waals surface area contributed by atoms with Crippen LogP contribution in [-0.2, 0) is 6.54 Å². The van der Waals surface area contributed by atoms with E-state index in [0.29, 0.717) is 12.2 Å². The molecule has 4 nitrogen and oxygen atoms in total. The number of halogens is 2. The molecule has 0 spiro atoms. The van der Waals surface area contributed by atoms with Crippen LogP contribution in [-0.4, -0.2) is 44.7 Å². The molecule has 0 amide bonds. The van der Waals surface area contributed by atoms with E-state index >= 15 is 0 Å². The van der Waals surface area contributed by atoms with Gasteiger partial charge in [0.15, 0.2) is 5.96 Å². The molecule has 0 aliphatic carbocycles. The standard InChI is InChI=1S/C18H31FN4S.HI/c1-5-23(6-2)17-10-9-15(13-16(17)19)14-22-18(20-3)21-11-7-8-12-24-4;/h9-10,13H,5-8,11-12,14H2,1-4H3,(H2,20,21,22);1H. The van der Waals surface area contributed by atoms with Crippen LogP contribution >= 0.6 is 35.7 Å². The molecule has 0 unspecified atom stereocenters. The fourth-order valence-electron chi connectivity index (χ4n) is 2.47. The van der Waals surface area contributed by atoms with Crippen molar-refractivity contribution in [1.29, 1.82) is 0 Å². The van der Waals surface area contributed by atoms with Gasteiger partial charge in [-0.1, -0.05) is 6.07 Å². The summed E-state index contributed by atoms with van der Waals surface area (Å²) in [5.41, 5.74) is 1.58. The second kappa shape index (κ2) is 14.5. The van der Waals surface area contributed by atoms with Crippen molar-refractivity contribution in [3.05, 3.63) is 29.6 Å². The maximum absolute atomic E-state index is 14.3. The van der Waals surface area contributed by atoms with E-state index in [-0.39, 0.29) is 29.8 Å². The van der Waals surface area contributed by atoms with Crippen molar-refractivity contribution < 1.29 is 4.39 Å². The highest BCUT2D eigenvalue weighted by atomic mass is 127. The van der Waals surface area contributed by atoms with Crippen LogP contribution in [0.4, 0.5) is 10.1 Å². The van der Waals surface area contributed by atoms with Crippen molar-refractivity contribution in [2.45, 2.75) is 33.2 Å². The second-order valence-electron chi connectivity index (χ2n) is 5.51. The van der Waals surface area contributed by atoms with Gasteiger partial charge in [-0.3, -0.25) is 4.99 Å². The normalized spacial score (nSPS) is 11.0. The Labute approximate surface area is 173 Å². The van der Waals surface area contributed by atoms with E-state index in [1.54, 1.807) is 13.1 Å². The number of aliphatic imine (C=N–C) groups is 1. The Kier molecular flexibility index (Phi) is 14.1. The van der Waals surface area contributed by atoms with Crippen molar-refractivity contribution in [2.75, 3.05) is 43.6 Å². The number of nitrogens with zero attached hydrogens (tertiary/aromatic N) is 2. The fourth-order valence-corrected chi connectivity index (χ4v) is 2.96. The van der Waals surface area contributed by atoms with E-state index in [1.165, 1.54) is 12.2 Å². The van der Waals surface area contributed by atoms with E-state index < -0.39 is 0 Å². The summed E-state index contributed by atoms with van der Waals surface area (Å²) in [5.74, 6) is 1.77. The lowest BCUT2D eigenvalue weighted by Crippen LogP contribution is -2.37. The molecule has 1 aromatic carbocycles. The summed E-state index contributed by atoms with van der Waals surface area (Å²) in [6.07, 6.45) is 4.44. The highest BCUT2D eigenvalue weighted by Gasteiger charge is 2.09.